The van der Waals surface area contributed by atoms with Gasteiger partial charge in [-0.1, -0.05) is 24.7 Å². The molecule has 0 radical (unpaired) electrons. The molecule has 0 fully saturated rings. The number of ether oxygens (including phenoxy) is 3. The second-order valence-electron chi connectivity index (χ2n) is 10.5. The van der Waals surface area contributed by atoms with Crippen molar-refractivity contribution in [3.05, 3.63) is 112 Å². The van der Waals surface area contributed by atoms with Crippen LogP contribution in [-0.4, -0.2) is 40.9 Å². The van der Waals surface area contributed by atoms with Crippen molar-refractivity contribution in [2.24, 2.45) is 4.99 Å². The fourth-order valence-corrected chi connectivity index (χ4v) is 6.67. The predicted octanol–water partition coefficient (Wildman–Crippen LogP) is 4.91. The van der Waals surface area contributed by atoms with Crippen LogP contribution in [0.3, 0.4) is 0 Å². The number of nitro benzene ring substituents is 1. The summed E-state index contributed by atoms with van der Waals surface area (Å²) < 4.78 is 20.7. The van der Waals surface area contributed by atoms with E-state index in [0.29, 0.717) is 44.1 Å². The molecule has 0 saturated carbocycles. The van der Waals surface area contributed by atoms with Gasteiger partial charge in [-0.15, -0.1) is 0 Å². The molecular formula is C33H34N4O7S. The summed E-state index contributed by atoms with van der Waals surface area (Å²) in [6, 6.07) is 12.7. The van der Waals surface area contributed by atoms with Crippen LogP contribution in [0.15, 0.2) is 69.6 Å². The molecule has 3 heterocycles. The number of methoxy groups -OCH3 is 2. The summed E-state index contributed by atoms with van der Waals surface area (Å²) in [5.74, 6) is 0.492. The van der Waals surface area contributed by atoms with Crippen molar-refractivity contribution < 1.29 is 23.9 Å². The smallest absolute Gasteiger partial charge is 0.338 e. The van der Waals surface area contributed by atoms with Crippen molar-refractivity contribution in [3.63, 3.8) is 0 Å². The van der Waals surface area contributed by atoms with Crippen molar-refractivity contribution in [1.29, 1.82) is 0 Å². The number of thiazole rings is 1. The number of aryl methyl sites for hydroxylation is 1. The highest BCUT2D eigenvalue weighted by molar-refractivity contribution is 7.07. The normalized spacial score (nSPS) is 14.6. The van der Waals surface area contributed by atoms with Crippen molar-refractivity contribution in [2.75, 3.05) is 20.8 Å². The lowest BCUT2D eigenvalue weighted by atomic mass is 9.93. The van der Waals surface area contributed by atoms with Gasteiger partial charge in [0, 0.05) is 34.8 Å². The van der Waals surface area contributed by atoms with Crippen LogP contribution in [-0.2, 0) is 9.53 Å². The van der Waals surface area contributed by atoms with E-state index in [1.54, 1.807) is 44.4 Å². The molecule has 1 aliphatic heterocycles. The van der Waals surface area contributed by atoms with E-state index in [1.807, 2.05) is 37.5 Å². The number of benzene rings is 2. The van der Waals surface area contributed by atoms with E-state index in [9.17, 15) is 19.7 Å². The number of carbonyl (C=O) groups excluding carboxylic acids is 1. The molecule has 1 atom stereocenters. The molecule has 0 N–H and O–H groups in total. The van der Waals surface area contributed by atoms with Gasteiger partial charge in [-0.3, -0.25) is 19.5 Å². The zero-order valence-electron chi connectivity index (χ0n) is 25.9. The van der Waals surface area contributed by atoms with Gasteiger partial charge >= 0.3 is 5.97 Å². The van der Waals surface area contributed by atoms with Gasteiger partial charge in [-0.25, -0.2) is 9.79 Å². The van der Waals surface area contributed by atoms with Crippen LogP contribution >= 0.6 is 11.3 Å². The summed E-state index contributed by atoms with van der Waals surface area (Å²) in [6.07, 6.45) is 3.06. The van der Waals surface area contributed by atoms with Crippen LogP contribution in [0, 0.1) is 24.0 Å². The van der Waals surface area contributed by atoms with E-state index in [2.05, 4.69) is 0 Å². The molecule has 0 saturated heterocycles. The van der Waals surface area contributed by atoms with E-state index >= 15 is 0 Å². The Bertz CT molecular complexity index is 2000. The number of carbonyl (C=O) groups is 1. The Balaban J connectivity index is 1.74. The first-order valence-corrected chi connectivity index (χ1v) is 15.3. The van der Waals surface area contributed by atoms with E-state index in [-0.39, 0.29) is 17.9 Å². The number of nitrogens with zero attached hydrogens (tertiary/aromatic N) is 4. The molecule has 234 valence electrons. The van der Waals surface area contributed by atoms with Crippen molar-refractivity contribution in [1.82, 2.24) is 9.13 Å². The first-order chi connectivity index (χ1) is 21.6. The van der Waals surface area contributed by atoms with Crippen molar-refractivity contribution in [3.8, 4) is 17.2 Å². The summed E-state index contributed by atoms with van der Waals surface area (Å²) >= 11 is 1.25. The lowest BCUT2D eigenvalue weighted by molar-refractivity contribution is -0.384. The SMILES string of the molecule is CCCC1=C(C(=O)OCC)[C@H](c2cc(OC)ccc2OC)n2c(s/c(=C\c3cc(C)n(-c4ccc([N+](=O)[O-])cc4)c3C)c2=O)=N1. The second-order valence-corrected chi connectivity index (χ2v) is 11.5. The molecule has 0 bridgehead atoms. The first-order valence-electron chi connectivity index (χ1n) is 14.5. The van der Waals surface area contributed by atoms with Gasteiger partial charge in [-0.05, 0) is 75.2 Å². The molecule has 45 heavy (non-hydrogen) atoms. The number of nitro groups is 1. The Labute approximate surface area is 263 Å². The van der Waals surface area contributed by atoms with E-state index < -0.39 is 16.9 Å². The molecule has 2 aromatic heterocycles. The number of allylic oxidation sites excluding steroid dienone is 1. The third-order valence-corrected chi connectivity index (χ3v) is 8.68. The number of aromatic nitrogens is 2. The van der Waals surface area contributed by atoms with Crippen molar-refractivity contribution >= 4 is 29.1 Å². The monoisotopic (exact) mass is 630 g/mol. The van der Waals surface area contributed by atoms with Crippen molar-refractivity contribution in [2.45, 2.75) is 46.6 Å². The average Bonchev–Trinajstić information content (AvgIpc) is 3.49. The lowest BCUT2D eigenvalue weighted by Crippen LogP contribution is -2.40. The molecule has 0 unspecified atom stereocenters. The fraction of sp³-hybridized carbons (Fsp3) is 0.303. The Hall–Kier alpha value is -4.97. The summed E-state index contributed by atoms with van der Waals surface area (Å²) in [4.78, 5) is 43.8. The number of hydrogen-bond acceptors (Lipinski definition) is 9. The molecule has 11 nitrogen and oxygen atoms in total. The maximum atomic E-state index is 14.3. The van der Waals surface area contributed by atoms with Gasteiger partial charge in [0.1, 0.15) is 17.5 Å². The lowest BCUT2D eigenvalue weighted by Gasteiger charge is -2.27. The van der Waals surface area contributed by atoms with E-state index in [1.165, 1.54) is 35.1 Å². The third-order valence-electron chi connectivity index (χ3n) is 7.70. The van der Waals surface area contributed by atoms with Gasteiger partial charge in [0.05, 0.1) is 41.6 Å². The summed E-state index contributed by atoms with van der Waals surface area (Å²) in [5, 5.41) is 11.1. The predicted molar refractivity (Wildman–Crippen MR) is 171 cm³/mol. The number of fused-ring (bicyclic) bond motifs is 1. The van der Waals surface area contributed by atoms with E-state index in [0.717, 1.165) is 29.1 Å². The molecule has 12 heteroatoms. The molecule has 2 aromatic carbocycles. The number of non-ortho nitro benzene ring substituents is 1. The molecular weight excluding hydrogens is 596 g/mol. The number of esters is 1. The zero-order chi connectivity index (χ0) is 32.4. The van der Waals surface area contributed by atoms with Gasteiger partial charge in [0.15, 0.2) is 4.80 Å². The quantitative estimate of drug-likeness (QED) is 0.138. The second kappa shape index (κ2) is 12.9. The Morgan fingerprint density at radius 1 is 1.09 bits per heavy atom. The Kier molecular flexibility index (Phi) is 9.05. The molecule has 0 aliphatic carbocycles. The zero-order valence-corrected chi connectivity index (χ0v) is 26.8. The summed E-state index contributed by atoms with van der Waals surface area (Å²) in [5.41, 5.74) is 4.46. The van der Waals surface area contributed by atoms with Gasteiger partial charge < -0.3 is 18.8 Å². The minimum Gasteiger partial charge on any atom is -0.497 e. The summed E-state index contributed by atoms with van der Waals surface area (Å²) in [6.45, 7) is 7.77. The van der Waals surface area contributed by atoms with Gasteiger partial charge in [0.25, 0.3) is 11.2 Å². The van der Waals surface area contributed by atoms with E-state index in [4.69, 9.17) is 19.2 Å². The van der Waals surface area contributed by atoms with Crippen LogP contribution in [0.2, 0.25) is 0 Å². The Morgan fingerprint density at radius 3 is 2.44 bits per heavy atom. The molecule has 1 aliphatic rings. The standard InChI is InChI=1S/C33H34N4O7S/c1-7-9-26-29(32(39)44-8-2)30(25-18-24(42-5)14-15-27(25)43-6)36-31(38)28(45-33(36)34-26)17-21-16-19(3)35(20(21)4)22-10-12-23(13-11-22)37(40)41/h10-18,30H,7-9H2,1-6H3/b28-17-/t30-/m0/s1. The van der Waals surface area contributed by atoms with Crippen LogP contribution in [0.4, 0.5) is 5.69 Å². The topological polar surface area (TPSA) is 127 Å². The molecule has 0 spiro atoms. The maximum Gasteiger partial charge on any atom is 0.338 e. The van der Waals surface area contributed by atoms with Crippen LogP contribution < -0.4 is 24.4 Å². The largest absolute Gasteiger partial charge is 0.497 e. The van der Waals surface area contributed by atoms with Gasteiger partial charge in [0.2, 0.25) is 0 Å². The first kappa shape index (κ1) is 31.5. The molecule has 4 aromatic rings. The molecule has 0 amide bonds. The highest BCUT2D eigenvalue weighted by Gasteiger charge is 2.36. The highest BCUT2D eigenvalue weighted by Crippen LogP contribution is 2.38. The minimum atomic E-state index is -0.860. The number of hydrogen-bond donors (Lipinski definition) is 0. The number of rotatable bonds is 10. The van der Waals surface area contributed by atoms with Crippen LogP contribution in [0.25, 0.3) is 11.8 Å². The Morgan fingerprint density at radius 2 is 1.82 bits per heavy atom. The highest BCUT2D eigenvalue weighted by atomic mass is 32.1. The maximum absolute atomic E-state index is 14.3. The van der Waals surface area contributed by atoms with Crippen LogP contribution in [0.5, 0.6) is 11.5 Å². The summed E-state index contributed by atoms with van der Waals surface area (Å²) in [7, 11) is 3.09. The van der Waals surface area contributed by atoms with Gasteiger partial charge in [-0.2, -0.15) is 0 Å². The molecule has 5 rings (SSSR count). The minimum absolute atomic E-state index is 0.00870. The van der Waals surface area contributed by atoms with Crippen LogP contribution in [0.1, 0.15) is 55.2 Å². The third kappa shape index (κ3) is 5.80. The average molecular weight is 631 g/mol. The fourth-order valence-electron chi connectivity index (χ4n) is 5.66.